The highest BCUT2D eigenvalue weighted by Crippen LogP contribution is 2.66. The first-order chi connectivity index (χ1) is 11.9. The number of phenolic OH excluding ortho intramolecular Hbond substituents is 1. The topological polar surface area (TPSA) is 67.8 Å². The molecule has 2 saturated carbocycles. The average molecular weight is 345 g/mol. The lowest BCUT2D eigenvalue weighted by Gasteiger charge is -2.45. The molecule has 1 aromatic rings. The van der Waals surface area contributed by atoms with Crippen LogP contribution in [0.4, 0.5) is 0 Å². The lowest BCUT2D eigenvalue weighted by Crippen LogP contribution is -2.50. The number of hydrogen-bond donors (Lipinski definition) is 2. The number of ether oxygens (including phenoxy) is 2. The number of carbonyl (C=O) groups is 1. The molecule has 2 bridgehead atoms. The molecule has 0 saturated heterocycles. The molecule has 5 heteroatoms. The second-order valence-electron chi connectivity index (χ2n) is 8.29. The van der Waals surface area contributed by atoms with Crippen LogP contribution in [0, 0.1) is 11.3 Å². The van der Waals surface area contributed by atoms with Crippen LogP contribution in [0.1, 0.15) is 37.3 Å². The fourth-order valence-corrected chi connectivity index (χ4v) is 6.34. The number of rotatable bonds is 3. The van der Waals surface area contributed by atoms with E-state index in [0.29, 0.717) is 18.6 Å². The molecule has 0 aromatic heterocycles. The van der Waals surface area contributed by atoms with Crippen molar-refractivity contribution in [2.24, 2.45) is 11.3 Å². The van der Waals surface area contributed by atoms with Crippen molar-refractivity contribution < 1.29 is 19.4 Å². The van der Waals surface area contributed by atoms with Gasteiger partial charge in [0.15, 0.2) is 17.3 Å². The summed E-state index contributed by atoms with van der Waals surface area (Å²) in [5.41, 5.74) is 1.82. The Morgan fingerprint density at radius 1 is 1.28 bits per heavy atom. The molecule has 4 rings (SSSR count). The van der Waals surface area contributed by atoms with E-state index in [1.165, 1.54) is 0 Å². The number of Topliss-reactive ketones (excluding diaryl/α,β-unsaturated/α-hetero) is 1. The predicted octanol–water partition coefficient (Wildman–Crippen LogP) is 2.19. The fraction of sp³-hybridized carbons (Fsp3) is 0.650. The third-order valence-electron chi connectivity index (χ3n) is 7.03. The largest absolute Gasteiger partial charge is 0.504 e. The third kappa shape index (κ3) is 2.05. The Balaban J connectivity index is 1.95. The van der Waals surface area contributed by atoms with Crippen molar-refractivity contribution >= 4 is 5.78 Å². The smallest absolute Gasteiger partial charge is 0.162 e. The van der Waals surface area contributed by atoms with E-state index in [4.69, 9.17) is 9.47 Å². The first kappa shape index (κ1) is 16.9. The number of hydrogen-bond acceptors (Lipinski definition) is 5. The standard InChI is InChI=1S/C20H27NO4/c1-19-8-11-5-6-14(24-3)17(23)16(11)20(10-19)9-13(22)15(25-4)7-12(20)18(19)21-2/h5-6,12,15,18,21,23H,7-10H2,1-4H3/t12?,15?,18?,19?,20-/m0/s1. The number of nitrogens with one attached hydrogen (secondary N) is 1. The zero-order valence-electron chi connectivity index (χ0n) is 15.4. The van der Waals surface area contributed by atoms with Gasteiger partial charge in [0.25, 0.3) is 0 Å². The molecule has 5 atom stereocenters. The normalized spacial score (nSPS) is 39.0. The highest BCUT2D eigenvalue weighted by atomic mass is 16.5. The minimum atomic E-state index is -0.342. The molecule has 0 radical (unpaired) electrons. The second-order valence-corrected chi connectivity index (χ2v) is 8.29. The second kappa shape index (κ2) is 5.45. The maximum Gasteiger partial charge on any atom is 0.162 e. The van der Waals surface area contributed by atoms with Crippen LogP contribution >= 0.6 is 0 Å². The number of aromatic hydroxyl groups is 1. The molecule has 25 heavy (non-hydrogen) atoms. The number of methoxy groups -OCH3 is 2. The van der Waals surface area contributed by atoms with E-state index in [1.807, 2.05) is 13.1 Å². The van der Waals surface area contributed by atoms with Gasteiger partial charge in [0.05, 0.1) is 7.11 Å². The van der Waals surface area contributed by atoms with Crippen LogP contribution in [0.15, 0.2) is 12.1 Å². The maximum atomic E-state index is 12.8. The van der Waals surface area contributed by atoms with Crippen molar-refractivity contribution in [1.82, 2.24) is 5.32 Å². The van der Waals surface area contributed by atoms with Crippen molar-refractivity contribution in [3.05, 3.63) is 23.3 Å². The summed E-state index contributed by atoms with van der Waals surface area (Å²) in [6.45, 7) is 2.31. The van der Waals surface area contributed by atoms with Crippen LogP contribution in [-0.4, -0.2) is 44.3 Å². The summed E-state index contributed by atoms with van der Waals surface area (Å²) >= 11 is 0. The Morgan fingerprint density at radius 3 is 2.68 bits per heavy atom. The third-order valence-corrected chi connectivity index (χ3v) is 7.03. The lowest BCUT2D eigenvalue weighted by molar-refractivity contribution is -0.136. The van der Waals surface area contributed by atoms with E-state index < -0.39 is 0 Å². The van der Waals surface area contributed by atoms with Crippen molar-refractivity contribution in [3.63, 3.8) is 0 Å². The molecule has 2 N–H and O–H groups in total. The Labute approximate surface area is 148 Å². The van der Waals surface area contributed by atoms with E-state index in [-0.39, 0.29) is 40.4 Å². The van der Waals surface area contributed by atoms with Crippen LogP contribution in [0.5, 0.6) is 11.5 Å². The fourth-order valence-electron chi connectivity index (χ4n) is 6.34. The number of fused-ring (bicyclic) bond motifs is 2. The zero-order valence-corrected chi connectivity index (χ0v) is 15.4. The molecule has 3 aliphatic carbocycles. The molecular weight excluding hydrogens is 318 g/mol. The Kier molecular flexibility index (Phi) is 3.68. The van der Waals surface area contributed by atoms with Gasteiger partial charge in [-0.1, -0.05) is 13.0 Å². The molecule has 5 nitrogen and oxygen atoms in total. The van der Waals surface area contributed by atoms with Gasteiger partial charge in [-0.3, -0.25) is 4.79 Å². The summed E-state index contributed by atoms with van der Waals surface area (Å²) in [7, 11) is 5.20. The molecule has 136 valence electrons. The van der Waals surface area contributed by atoms with E-state index >= 15 is 0 Å². The van der Waals surface area contributed by atoms with E-state index in [9.17, 15) is 9.90 Å². The summed E-state index contributed by atoms with van der Waals surface area (Å²) in [4.78, 5) is 12.8. The van der Waals surface area contributed by atoms with E-state index in [0.717, 1.165) is 24.0 Å². The van der Waals surface area contributed by atoms with Crippen molar-refractivity contribution in [3.8, 4) is 11.5 Å². The van der Waals surface area contributed by atoms with Gasteiger partial charge in [-0.25, -0.2) is 0 Å². The highest BCUT2D eigenvalue weighted by molar-refractivity contribution is 5.86. The van der Waals surface area contributed by atoms with Crippen molar-refractivity contribution in [1.29, 1.82) is 0 Å². The van der Waals surface area contributed by atoms with Crippen molar-refractivity contribution in [2.75, 3.05) is 21.3 Å². The molecule has 1 aromatic carbocycles. The SMILES string of the molecule is CNC1C2CC(OC)C(=O)C[C@]23CC1(C)Cc1ccc(OC)c(O)c13. The van der Waals surface area contributed by atoms with Crippen LogP contribution in [0.3, 0.4) is 0 Å². The molecular formula is C20H27NO4. The summed E-state index contributed by atoms with van der Waals surface area (Å²) in [6.07, 6.45) is 2.59. The Bertz CT molecular complexity index is 733. The lowest BCUT2D eigenvalue weighted by atomic mass is 9.59. The minimum absolute atomic E-state index is 0.0658. The summed E-state index contributed by atoms with van der Waals surface area (Å²) in [6, 6.07) is 4.19. The molecule has 3 aliphatic rings. The molecule has 1 spiro atoms. The average Bonchev–Trinajstić information content (AvgIpc) is 2.76. The van der Waals surface area contributed by atoms with E-state index in [1.54, 1.807) is 14.2 Å². The Hall–Kier alpha value is -1.59. The van der Waals surface area contributed by atoms with Gasteiger partial charge in [-0.05, 0) is 49.3 Å². The minimum Gasteiger partial charge on any atom is -0.504 e. The Morgan fingerprint density at radius 2 is 2.04 bits per heavy atom. The summed E-state index contributed by atoms with van der Waals surface area (Å²) in [5.74, 6) is 1.11. The maximum absolute atomic E-state index is 12.8. The number of phenols is 1. The van der Waals surface area contributed by atoms with Crippen molar-refractivity contribution in [2.45, 2.75) is 50.2 Å². The van der Waals surface area contributed by atoms with Gasteiger partial charge in [-0.2, -0.15) is 0 Å². The summed E-state index contributed by atoms with van der Waals surface area (Å²) in [5, 5.41) is 14.5. The van der Waals surface area contributed by atoms with Crippen LogP contribution < -0.4 is 10.1 Å². The highest BCUT2D eigenvalue weighted by Gasteiger charge is 2.65. The molecule has 0 amide bonds. The van der Waals surface area contributed by atoms with E-state index in [2.05, 4.69) is 18.3 Å². The van der Waals surface area contributed by atoms with Gasteiger partial charge < -0.3 is 19.9 Å². The van der Waals surface area contributed by atoms with Gasteiger partial charge in [0.1, 0.15) is 6.10 Å². The van der Waals surface area contributed by atoms with Crippen LogP contribution in [-0.2, 0) is 21.4 Å². The molecule has 4 unspecified atom stereocenters. The first-order valence-electron chi connectivity index (χ1n) is 9.02. The number of ketones is 1. The monoisotopic (exact) mass is 345 g/mol. The zero-order chi connectivity index (χ0) is 18.0. The predicted molar refractivity (Wildman–Crippen MR) is 94.1 cm³/mol. The van der Waals surface area contributed by atoms with Gasteiger partial charge in [-0.15, -0.1) is 0 Å². The first-order valence-corrected chi connectivity index (χ1v) is 9.02. The van der Waals surface area contributed by atoms with Crippen LogP contribution in [0.25, 0.3) is 0 Å². The molecule has 0 heterocycles. The quantitative estimate of drug-likeness (QED) is 0.879. The summed E-state index contributed by atoms with van der Waals surface area (Å²) < 4.78 is 10.8. The van der Waals surface area contributed by atoms with Gasteiger partial charge in [0.2, 0.25) is 0 Å². The van der Waals surface area contributed by atoms with Gasteiger partial charge >= 0.3 is 0 Å². The van der Waals surface area contributed by atoms with Gasteiger partial charge in [0, 0.05) is 30.6 Å². The molecule has 0 aliphatic heterocycles. The number of carbonyl (C=O) groups excluding carboxylic acids is 1. The number of benzene rings is 1. The van der Waals surface area contributed by atoms with Crippen LogP contribution in [0.2, 0.25) is 0 Å². The molecule has 2 fully saturated rings.